The van der Waals surface area contributed by atoms with Crippen molar-refractivity contribution in [2.45, 2.75) is 19.3 Å². The van der Waals surface area contributed by atoms with Crippen molar-refractivity contribution >= 4 is 34.8 Å². The molecule has 3 rings (SSSR count). The van der Waals surface area contributed by atoms with Gasteiger partial charge in [-0.1, -0.05) is 6.07 Å². The number of aromatic nitrogens is 3. The van der Waals surface area contributed by atoms with Gasteiger partial charge in [0.1, 0.15) is 0 Å². The molecule has 2 aromatic rings. The number of nitrogens with one attached hydrogen (secondary N) is 1. The van der Waals surface area contributed by atoms with Crippen LogP contribution in [0.2, 0.25) is 10.6 Å². The quantitative estimate of drug-likeness (QED) is 0.916. The minimum absolute atomic E-state index is 0.0821. The molecule has 1 N–H and O–H groups in total. The first-order chi connectivity index (χ1) is 8.70. The molecule has 0 saturated heterocycles. The minimum Gasteiger partial charge on any atom is -0.324 e. The Labute approximate surface area is 114 Å². The maximum absolute atomic E-state index is 5.72. The summed E-state index contributed by atoms with van der Waals surface area (Å²) in [6.45, 7) is 0. The lowest BCUT2D eigenvalue weighted by atomic mass is 10.1. The molecule has 1 heterocycles. The van der Waals surface area contributed by atoms with Gasteiger partial charge in [-0.2, -0.15) is 15.0 Å². The average molecular weight is 281 g/mol. The standard InChI is InChI=1S/C12H10Cl2N4/c13-10-16-11(14)18-12(17-10)15-9-5-4-7-2-1-3-8(7)6-9/h4-6H,1-3H2,(H,15,16,17,18). The molecule has 1 aliphatic carbocycles. The van der Waals surface area contributed by atoms with Crippen LogP contribution in [-0.4, -0.2) is 15.0 Å². The van der Waals surface area contributed by atoms with Crippen LogP contribution in [0.5, 0.6) is 0 Å². The Morgan fingerprint density at radius 3 is 2.44 bits per heavy atom. The van der Waals surface area contributed by atoms with Crippen molar-refractivity contribution in [3.63, 3.8) is 0 Å². The van der Waals surface area contributed by atoms with Crippen LogP contribution < -0.4 is 5.32 Å². The number of fused-ring (bicyclic) bond motifs is 1. The first-order valence-electron chi connectivity index (χ1n) is 5.66. The lowest BCUT2D eigenvalue weighted by molar-refractivity contribution is 0.912. The molecule has 0 fully saturated rings. The van der Waals surface area contributed by atoms with Gasteiger partial charge < -0.3 is 5.32 Å². The molecule has 0 unspecified atom stereocenters. The smallest absolute Gasteiger partial charge is 0.232 e. The molecule has 6 heteroatoms. The van der Waals surface area contributed by atoms with Gasteiger partial charge in [-0.3, -0.25) is 0 Å². The van der Waals surface area contributed by atoms with E-state index < -0.39 is 0 Å². The molecule has 0 aliphatic heterocycles. The number of hydrogen-bond acceptors (Lipinski definition) is 4. The zero-order chi connectivity index (χ0) is 12.5. The number of aryl methyl sites for hydroxylation is 2. The second-order valence-corrected chi connectivity index (χ2v) is 4.84. The first-order valence-corrected chi connectivity index (χ1v) is 6.42. The Morgan fingerprint density at radius 1 is 0.944 bits per heavy atom. The molecule has 92 valence electrons. The lowest BCUT2D eigenvalue weighted by Gasteiger charge is -2.07. The van der Waals surface area contributed by atoms with Crippen LogP contribution in [-0.2, 0) is 12.8 Å². The van der Waals surface area contributed by atoms with E-state index in [1.54, 1.807) is 0 Å². The Morgan fingerprint density at radius 2 is 1.67 bits per heavy atom. The number of anilines is 2. The monoisotopic (exact) mass is 280 g/mol. The predicted octanol–water partition coefficient (Wildman–Crippen LogP) is 3.41. The number of hydrogen-bond donors (Lipinski definition) is 1. The molecule has 18 heavy (non-hydrogen) atoms. The van der Waals surface area contributed by atoms with Crippen LogP contribution in [0.3, 0.4) is 0 Å². The first kappa shape index (κ1) is 11.7. The summed E-state index contributed by atoms with van der Waals surface area (Å²) in [5.74, 6) is 0.359. The van der Waals surface area contributed by atoms with E-state index in [-0.39, 0.29) is 10.6 Å². The highest BCUT2D eigenvalue weighted by Crippen LogP contribution is 2.26. The van der Waals surface area contributed by atoms with Gasteiger partial charge in [-0.25, -0.2) is 0 Å². The molecule has 1 aromatic carbocycles. The van der Waals surface area contributed by atoms with E-state index in [0.717, 1.165) is 12.1 Å². The highest BCUT2D eigenvalue weighted by atomic mass is 35.5. The van der Waals surface area contributed by atoms with Crippen LogP contribution in [0.25, 0.3) is 0 Å². The van der Waals surface area contributed by atoms with Crippen molar-refractivity contribution in [1.29, 1.82) is 0 Å². The van der Waals surface area contributed by atoms with Crippen molar-refractivity contribution < 1.29 is 0 Å². The van der Waals surface area contributed by atoms with Crippen LogP contribution in [0.15, 0.2) is 18.2 Å². The van der Waals surface area contributed by atoms with E-state index in [1.807, 2.05) is 6.07 Å². The fourth-order valence-corrected chi connectivity index (χ4v) is 2.52. The van der Waals surface area contributed by atoms with Gasteiger partial charge in [0, 0.05) is 5.69 Å². The van der Waals surface area contributed by atoms with Gasteiger partial charge in [0.2, 0.25) is 16.5 Å². The third-order valence-electron chi connectivity index (χ3n) is 2.94. The Kier molecular flexibility index (Phi) is 3.06. The van der Waals surface area contributed by atoms with Crippen molar-refractivity contribution in [3.05, 3.63) is 39.9 Å². The molecular formula is C12H10Cl2N4. The summed E-state index contributed by atoms with van der Waals surface area (Å²) in [6, 6.07) is 6.26. The van der Waals surface area contributed by atoms with Crippen LogP contribution in [0.1, 0.15) is 17.5 Å². The average Bonchev–Trinajstić information content (AvgIpc) is 2.74. The van der Waals surface area contributed by atoms with Crippen LogP contribution in [0.4, 0.5) is 11.6 Å². The fraction of sp³-hybridized carbons (Fsp3) is 0.250. The van der Waals surface area contributed by atoms with E-state index in [2.05, 4.69) is 32.4 Å². The highest BCUT2D eigenvalue weighted by molar-refractivity contribution is 6.31. The molecule has 0 amide bonds. The normalized spacial score (nSPS) is 13.4. The van der Waals surface area contributed by atoms with Gasteiger partial charge in [-0.05, 0) is 65.7 Å². The molecule has 4 nitrogen and oxygen atoms in total. The zero-order valence-corrected chi connectivity index (χ0v) is 11.0. The Hall–Kier alpha value is -1.39. The molecule has 0 spiro atoms. The van der Waals surface area contributed by atoms with Crippen LogP contribution in [0, 0.1) is 0 Å². The van der Waals surface area contributed by atoms with E-state index in [9.17, 15) is 0 Å². The Balaban J connectivity index is 1.88. The van der Waals surface area contributed by atoms with Crippen LogP contribution >= 0.6 is 23.2 Å². The number of rotatable bonds is 2. The summed E-state index contributed by atoms with van der Waals surface area (Å²) in [4.78, 5) is 11.6. The highest BCUT2D eigenvalue weighted by Gasteiger charge is 2.11. The molecular weight excluding hydrogens is 271 g/mol. The second-order valence-electron chi connectivity index (χ2n) is 4.16. The van der Waals surface area contributed by atoms with Gasteiger partial charge >= 0.3 is 0 Å². The van der Waals surface area contributed by atoms with Crippen molar-refractivity contribution in [3.8, 4) is 0 Å². The lowest BCUT2D eigenvalue weighted by Crippen LogP contribution is -2.00. The number of nitrogens with zero attached hydrogens (tertiary/aromatic N) is 3. The van der Waals surface area contributed by atoms with Gasteiger partial charge in [0.25, 0.3) is 0 Å². The third kappa shape index (κ3) is 2.40. The maximum atomic E-state index is 5.72. The molecule has 0 atom stereocenters. The zero-order valence-electron chi connectivity index (χ0n) is 9.45. The summed E-state index contributed by atoms with van der Waals surface area (Å²) in [6.07, 6.45) is 3.52. The molecule has 1 aromatic heterocycles. The van der Waals surface area contributed by atoms with Gasteiger partial charge in [0.15, 0.2) is 0 Å². The largest absolute Gasteiger partial charge is 0.324 e. The predicted molar refractivity (Wildman–Crippen MR) is 71.6 cm³/mol. The summed E-state index contributed by atoms with van der Waals surface area (Å²) in [5, 5.41) is 3.25. The maximum Gasteiger partial charge on any atom is 0.232 e. The molecule has 0 bridgehead atoms. The molecule has 0 radical (unpaired) electrons. The minimum atomic E-state index is 0.0821. The summed E-state index contributed by atoms with van der Waals surface area (Å²) < 4.78 is 0. The topological polar surface area (TPSA) is 50.7 Å². The number of halogens is 2. The van der Waals surface area contributed by atoms with E-state index in [4.69, 9.17) is 23.2 Å². The van der Waals surface area contributed by atoms with Crippen molar-refractivity contribution in [2.24, 2.45) is 0 Å². The van der Waals surface area contributed by atoms with Gasteiger partial charge in [0.05, 0.1) is 0 Å². The van der Waals surface area contributed by atoms with E-state index in [0.29, 0.717) is 5.95 Å². The van der Waals surface area contributed by atoms with Crippen molar-refractivity contribution in [2.75, 3.05) is 5.32 Å². The SMILES string of the molecule is Clc1nc(Cl)nc(Nc2ccc3c(c2)CCC3)n1. The molecule has 0 saturated carbocycles. The fourth-order valence-electron chi connectivity index (χ4n) is 2.16. The summed E-state index contributed by atoms with van der Waals surface area (Å²) in [5.41, 5.74) is 3.74. The number of benzene rings is 1. The van der Waals surface area contributed by atoms with E-state index >= 15 is 0 Å². The summed E-state index contributed by atoms with van der Waals surface area (Å²) >= 11 is 11.4. The van der Waals surface area contributed by atoms with E-state index in [1.165, 1.54) is 24.0 Å². The van der Waals surface area contributed by atoms with Gasteiger partial charge in [-0.15, -0.1) is 0 Å². The van der Waals surface area contributed by atoms with Crippen molar-refractivity contribution in [1.82, 2.24) is 15.0 Å². The Bertz CT molecular complexity index is 580. The molecule has 1 aliphatic rings. The summed E-state index contributed by atoms with van der Waals surface area (Å²) in [7, 11) is 0. The third-order valence-corrected chi connectivity index (χ3v) is 3.27. The second kappa shape index (κ2) is 4.71.